The molecule has 0 radical (unpaired) electrons. The molecule has 3 nitrogen and oxygen atoms in total. The number of hydrazine groups is 1. The SMILES string of the molecule is CC1(O)CCC1(C)NN. The zero-order valence-corrected chi connectivity index (χ0v) is 5.94. The van der Waals surface area contributed by atoms with Gasteiger partial charge in [-0.3, -0.25) is 11.3 Å². The highest BCUT2D eigenvalue weighted by Gasteiger charge is 2.50. The third-order valence-corrected chi connectivity index (χ3v) is 2.62. The number of nitrogens with one attached hydrogen (secondary N) is 1. The van der Waals surface area contributed by atoms with Gasteiger partial charge in [-0.15, -0.1) is 0 Å². The molecule has 0 aromatic carbocycles. The first-order chi connectivity index (χ1) is 4.02. The van der Waals surface area contributed by atoms with Crippen LogP contribution in [0.3, 0.4) is 0 Å². The van der Waals surface area contributed by atoms with Crippen molar-refractivity contribution in [3.05, 3.63) is 0 Å². The molecule has 1 fully saturated rings. The lowest BCUT2D eigenvalue weighted by Gasteiger charge is -2.51. The van der Waals surface area contributed by atoms with E-state index in [1.807, 2.05) is 6.92 Å². The van der Waals surface area contributed by atoms with E-state index in [0.29, 0.717) is 0 Å². The molecule has 54 valence electrons. The highest BCUT2D eigenvalue weighted by Crippen LogP contribution is 2.40. The topological polar surface area (TPSA) is 58.3 Å². The molecule has 0 saturated heterocycles. The summed E-state index contributed by atoms with van der Waals surface area (Å²) in [7, 11) is 0. The summed E-state index contributed by atoms with van der Waals surface area (Å²) in [5, 5.41) is 9.49. The number of aliphatic hydroxyl groups is 1. The summed E-state index contributed by atoms with van der Waals surface area (Å²) in [4.78, 5) is 0. The fourth-order valence-electron chi connectivity index (χ4n) is 1.09. The van der Waals surface area contributed by atoms with Crippen LogP contribution < -0.4 is 11.3 Å². The van der Waals surface area contributed by atoms with E-state index in [4.69, 9.17) is 5.84 Å². The predicted molar refractivity (Wildman–Crippen MR) is 35.6 cm³/mol. The maximum Gasteiger partial charge on any atom is 0.0811 e. The van der Waals surface area contributed by atoms with Gasteiger partial charge in [0.1, 0.15) is 0 Å². The van der Waals surface area contributed by atoms with Crippen LogP contribution in [0.2, 0.25) is 0 Å². The molecule has 4 N–H and O–H groups in total. The summed E-state index contributed by atoms with van der Waals surface area (Å²) in [6, 6.07) is 0. The molecule has 0 spiro atoms. The highest BCUT2D eigenvalue weighted by atomic mass is 16.3. The number of hydrogen-bond donors (Lipinski definition) is 3. The Balaban J connectivity index is 2.62. The lowest BCUT2D eigenvalue weighted by atomic mass is 9.65. The highest BCUT2D eigenvalue weighted by molar-refractivity contribution is 5.08. The summed E-state index contributed by atoms with van der Waals surface area (Å²) in [5.41, 5.74) is 1.75. The minimum absolute atomic E-state index is 0.257. The fraction of sp³-hybridized carbons (Fsp3) is 1.00. The van der Waals surface area contributed by atoms with E-state index < -0.39 is 5.60 Å². The van der Waals surface area contributed by atoms with Crippen molar-refractivity contribution in [3.8, 4) is 0 Å². The summed E-state index contributed by atoms with van der Waals surface area (Å²) in [6.07, 6.45) is 1.80. The van der Waals surface area contributed by atoms with Gasteiger partial charge >= 0.3 is 0 Å². The molecular weight excluding hydrogens is 116 g/mol. The van der Waals surface area contributed by atoms with Crippen LogP contribution in [-0.4, -0.2) is 16.2 Å². The zero-order chi connectivity index (χ0) is 7.12. The van der Waals surface area contributed by atoms with Gasteiger partial charge in [0.15, 0.2) is 0 Å². The average Bonchev–Trinajstić information content (AvgIpc) is 1.84. The Bertz CT molecular complexity index is 120. The molecule has 0 heterocycles. The van der Waals surface area contributed by atoms with Crippen LogP contribution in [0.5, 0.6) is 0 Å². The summed E-state index contributed by atoms with van der Waals surface area (Å²) < 4.78 is 0. The molecule has 1 aliphatic carbocycles. The minimum Gasteiger partial charge on any atom is -0.388 e. The second-order valence-electron chi connectivity index (χ2n) is 3.25. The van der Waals surface area contributed by atoms with E-state index in [0.717, 1.165) is 12.8 Å². The van der Waals surface area contributed by atoms with E-state index in [1.165, 1.54) is 0 Å². The zero-order valence-electron chi connectivity index (χ0n) is 5.94. The van der Waals surface area contributed by atoms with Crippen LogP contribution in [0.4, 0.5) is 0 Å². The maximum atomic E-state index is 9.49. The van der Waals surface area contributed by atoms with Gasteiger partial charge in [0.25, 0.3) is 0 Å². The molecule has 0 bridgehead atoms. The minimum atomic E-state index is -0.609. The van der Waals surface area contributed by atoms with Crippen LogP contribution in [0, 0.1) is 0 Å². The van der Waals surface area contributed by atoms with E-state index in [2.05, 4.69) is 5.43 Å². The Kier molecular flexibility index (Phi) is 1.31. The van der Waals surface area contributed by atoms with Gasteiger partial charge in [0.05, 0.1) is 11.1 Å². The Hall–Kier alpha value is -0.120. The summed E-state index contributed by atoms with van der Waals surface area (Å²) in [6.45, 7) is 3.73. The van der Waals surface area contributed by atoms with Crippen LogP contribution in [0.25, 0.3) is 0 Å². The van der Waals surface area contributed by atoms with Gasteiger partial charge in [-0.25, -0.2) is 0 Å². The van der Waals surface area contributed by atoms with Gasteiger partial charge in [0.2, 0.25) is 0 Å². The van der Waals surface area contributed by atoms with Crippen LogP contribution in [-0.2, 0) is 0 Å². The Morgan fingerprint density at radius 3 is 2.00 bits per heavy atom. The molecular formula is C6H14N2O. The molecule has 0 aromatic rings. The van der Waals surface area contributed by atoms with Gasteiger partial charge in [-0.05, 0) is 26.7 Å². The smallest absolute Gasteiger partial charge is 0.0811 e. The Labute approximate surface area is 55.2 Å². The summed E-state index contributed by atoms with van der Waals surface area (Å²) >= 11 is 0. The number of hydrogen-bond acceptors (Lipinski definition) is 3. The van der Waals surface area contributed by atoms with Crippen molar-refractivity contribution in [3.63, 3.8) is 0 Å². The lowest BCUT2D eigenvalue weighted by molar-refractivity contribution is -0.107. The molecule has 9 heavy (non-hydrogen) atoms. The van der Waals surface area contributed by atoms with Crippen molar-refractivity contribution in [2.45, 2.75) is 37.8 Å². The van der Waals surface area contributed by atoms with Crippen molar-refractivity contribution >= 4 is 0 Å². The van der Waals surface area contributed by atoms with E-state index in [-0.39, 0.29) is 5.54 Å². The molecule has 1 saturated carbocycles. The molecule has 0 aliphatic heterocycles. The van der Waals surface area contributed by atoms with Gasteiger partial charge in [-0.2, -0.15) is 0 Å². The Morgan fingerprint density at radius 2 is 2.00 bits per heavy atom. The average molecular weight is 130 g/mol. The standard InChI is InChI=1S/C6H14N2O/c1-5(8-7)3-4-6(5,2)9/h8-9H,3-4,7H2,1-2H3. The van der Waals surface area contributed by atoms with Crippen molar-refractivity contribution in [2.75, 3.05) is 0 Å². The first kappa shape index (κ1) is 6.99. The van der Waals surface area contributed by atoms with E-state index in [9.17, 15) is 5.11 Å². The molecule has 2 atom stereocenters. The molecule has 2 unspecified atom stereocenters. The van der Waals surface area contributed by atoms with Gasteiger partial charge < -0.3 is 5.11 Å². The van der Waals surface area contributed by atoms with Crippen LogP contribution in [0.15, 0.2) is 0 Å². The number of nitrogens with two attached hydrogens (primary N) is 1. The third kappa shape index (κ3) is 0.764. The normalized spacial score (nSPS) is 50.7. The van der Waals surface area contributed by atoms with Crippen molar-refractivity contribution in [1.29, 1.82) is 0 Å². The molecule has 0 aromatic heterocycles. The van der Waals surface area contributed by atoms with Gasteiger partial charge in [0, 0.05) is 0 Å². The van der Waals surface area contributed by atoms with E-state index in [1.54, 1.807) is 6.92 Å². The van der Waals surface area contributed by atoms with Crippen LogP contribution in [0.1, 0.15) is 26.7 Å². The molecule has 1 aliphatic rings. The molecule has 3 heteroatoms. The fourth-order valence-corrected chi connectivity index (χ4v) is 1.09. The number of rotatable bonds is 1. The second-order valence-corrected chi connectivity index (χ2v) is 3.25. The first-order valence-corrected chi connectivity index (χ1v) is 3.22. The summed E-state index contributed by atoms with van der Waals surface area (Å²) in [5.74, 6) is 5.23. The first-order valence-electron chi connectivity index (χ1n) is 3.22. The van der Waals surface area contributed by atoms with Crippen molar-refractivity contribution in [1.82, 2.24) is 5.43 Å². The third-order valence-electron chi connectivity index (χ3n) is 2.62. The second kappa shape index (κ2) is 1.68. The van der Waals surface area contributed by atoms with Gasteiger partial charge in [-0.1, -0.05) is 0 Å². The molecule has 0 amide bonds. The lowest BCUT2D eigenvalue weighted by Crippen LogP contribution is -2.69. The van der Waals surface area contributed by atoms with E-state index >= 15 is 0 Å². The monoisotopic (exact) mass is 130 g/mol. The maximum absolute atomic E-state index is 9.49. The largest absolute Gasteiger partial charge is 0.388 e. The Morgan fingerprint density at radius 1 is 1.44 bits per heavy atom. The predicted octanol–water partition coefficient (Wildman–Crippen LogP) is -0.247. The van der Waals surface area contributed by atoms with Crippen molar-refractivity contribution in [2.24, 2.45) is 5.84 Å². The quantitative estimate of drug-likeness (QED) is 0.339. The molecule has 1 rings (SSSR count). The van der Waals surface area contributed by atoms with Crippen molar-refractivity contribution < 1.29 is 5.11 Å². The van der Waals surface area contributed by atoms with Crippen LogP contribution >= 0.6 is 0 Å².